The smallest absolute Gasteiger partial charge is 0.314 e. The maximum atomic E-state index is 12.6. The highest BCUT2D eigenvalue weighted by molar-refractivity contribution is 6.13. The molecule has 0 unspecified atom stereocenters. The van der Waals surface area contributed by atoms with Crippen LogP contribution in [0, 0.1) is 12.8 Å². The number of carbonyl (C=O) groups is 2. The monoisotopic (exact) mass is 388 g/mol. The molecule has 0 amide bonds. The van der Waals surface area contributed by atoms with Gasteiger partial charge in [0.15, 0.2) is 5.76 Å². The van der Waals surface area contributed by atoms with Crippen molar-refractivity contribution in [2.75, 3.05) is 0 Å². The highest BCUT2D eigenvalue weighted by atomic mass is 16.5. The van der Waals surface area contributed by atoms with E-state index in [1.54, 1.807) is 24.3 Å². The molecule has 29 heavy (non-hydrogen) atoms. The van der Waals surface area contributed by atoms with Gasteiger partial charge < -0.3 is 9.47 Å². The molecule has 4 heteroatoms. The van der Waals surface area contributed by atoms with Gasteiger partial charge in [0.1, 0.15) is 11.5 Å². The van der Waals surface area contributed by atoms with Crippen molar-refractivity contribution in [1.29, 1.82) is 0 Å². The van der Waals surface area contributed by atoms with Crippen LogP contribution in [0.2, 0.25) is 0 Å². The molecule has 0 aromatic heterocycles. The summed E-state index contributed by atoms with van der Waals surface area (Å²) < 4.78 is 11.5. The molecular formula is C25H24O4. The number of rotatable bonds is 4. The van der Waals surface area contributed by atoms with Crippen LogP contribution in [0.15, 0.2) is 60.4 Å². The SMILES string of the molecule is Cc1c(OC(=O)C2CCCCC2)ccc2c1O/C(=C\C=C\c1ccccc1)C2=O. The van der Waals surface area contributed by atoms with E-state index in [2.05, 4.69) is 0 Å². The highest BCUT2D eigenvalue weighted by Crippen LogP contribution is 2.39. The van der Waals surface area contributed by atoms with Gasteiger partial charge in [-0.1, -0.05) is 61.7 Å². The lowest BCUT2D eigenvalue weighted by Crippen LogP contribution is -2.23. The fourth-order valence-corrected chi connectivity index (χ4v) is 3.83. The average molecular weight is 388 g/mol. The Morgan fingerprint density at radius 3 is 2.59 bits per heavy atom. The van der Waals surface area contributed by atoms with Crippen molar-refractivity contribution < 1.29 is 19.1 Å². The van der Waals surface area contributed by atoms with Crippen LogP contribution in [-0.2, 0) is 4.79 Å². The van der Waals surface area contributed by atoms with E-state index < -0.39 is 0 Å². The Labute approximate surface area is 170 Å². The van der Waals surface area contributed by atoms with E-state index >= 15 is 0 Å². The van der Waals surface area contributed by atoms with Crippen LogP contribution in [-0.4, -0.2) is 11.8 Å². The van der Waals surface area contributed by atoms with Crippen LogP contribution in [0.4, 0.5) is 0 Å². The van der Waals surface area contributed by atoms with Crippen LogP contribution >= 0.6 is 0 Å². The molecule has 4 nitrogen and oxygen atoms in total. The van der Waals surface area contributed by atoms with E-state index in [-0.39, 0.29) is 23.4 Å². The summed E-state index contributed by atoms with van der Waals surface area (Å²) in [5, 5.41) is 0. The van der Waals surface area contributed by atoms with E-state index in [1.807, 2.05) is 43.3 Å². The van der Waals surface area contributed by atoms with Gasteiger partial charge in [0.05, 0.1) is 11.5 Å². The molecule has 1 heterocycles. The minimum absolute atomic E-state index is 0.0301. The van der Waals surface area contributed by atoms with Gasteiger partial charge in [-0.25, -0.2) is 0 Å². The molecule has 1 fully saturated rings. The van der Waals surface area contributed by atoms with E-state index in [0.717, 1.165) is 31.2 Å². The molecule has 2 aliphatic rings. The van der Waals surface area contributed by atoms with E-state index in [9.17, 15) is 9.59 Å². The van der Waals surface area contributed by atoms with Crippen molar-refractivity contribution in [3.8, 4) is 11.5 Å². The number of esters is 1. The zero-order valence-corrected chi connectivity index (χ0v) is 16.5. The molecule has 1 aliphatic heterocycles. The summed E-state index contributed by atoms with van der Waals surface area (Å²) in [5.41, 5.74) is 2.22. The number of hydrogen-bond acceptors (Lipinski definition) is 4. The van der Waals surface area contributed by atoms with Crippen LogP contribution in [0.5, 0.6) is 11.5 Å². The number of ether oxygens (including phenoxy) is 2. The molecule has 2 aromatic rings. The number of benzene rings is 2. The zero-order valence-electron chi connectivity index (χ0n) is 16.5. The Hall–Kier alpha value is -3.14. The Morgan fingerprint density at radius 1 is 1.07 bits per heavy atom. The van der Waals surface area contributed by atoms with Gasteiger partial charge in [-0.15, -0.1) is 0 Å². The van der Waals surface area contributed by atoms with Crippen LogP contribution in [0.1, 0.15) is 53.6 Å². The number of Topliss-reactive ketones (excluding diaryl/α,β-unsaturated/α-hetero) is 1. The zero-order chi connectivity index (χ0) is 20.2. The number of carbonyl (C=O) groups excluding carboxylic acids is 2. The molecule has 2 aromatic carbocycles. The van der Waals surface area contributed by atoms with Crippen LogP contribution < -0.4 is 9.47 Å². The van der Waals surface area contributed by atoms with E-state index in [1.165, 1.54) is 6.42 Å². The first-order valence-electron chi connectivity index (χ1n) is 10.1. The molecule has 4 rings (SSSR count). The number of fused-ring (bicyclic) bond motifs is 1. The quantitative estimate of drug-likeness (QED) is 0.386. The first-order valence-corrected chi connectivity index (χ1v) is 10.1. The molecule has 1 saturated carbocycles. The van der Waals surface area contributed by atoms with E-state index in [0.29, 0.717) is 22.6 Å². The topological polar surface area (TPSA) is 52.6 Å². The lowest BCUT2D eigenvalue weighted by molar-refractivity contribution is -0.140. The summed E-state index contributed by atoms with van der Waals surface area (Å²) in [7, 11) is 0. The Bertz CT molecular complexity index is 979. The lowest BCUT2D eigenvalue weighted by atomic mass is 9.89. The van der Waals surface area contributed by atoms with Gasteiger partial charge in [0, 0.05) is 5.56 Å². The summed E-state index contributed by atoms with van der Waals surface area (Å²) in [6.45, 7) is 1.82. The van der Waals surface area contributed by atoms with Gasteiger partial charge in [-0.3, -0.25) is 9.59 Å². The first kappa shape index (κ1) is 19.2. The van der Waals surface area contributed by atoms with Gasteiger partial charge >= 0.3 is 5.97 Å². The summed E-state index contributed by atoms with van der Waals surface area (Å²) >= 11 is 0. The van der Waals surface area contributed by atoms with Crippen molar-refractivity contribution in [2.45, 2.75) is 39.0 Å². The molecule has 0 bridgehead atoms. The predicted molar refractivity (Wildman–Crippen MR) is 112 cm³/mol. The fraction of sp³-hybridized carbons (Fsp3) is 0.280. The van der Waals surface area contributed by atoms with Gasteiger partial charge in [0.2, 0.25) is 5.78 Å². The molecule has 1 aliphatic carbocycles. The number of hydrogen-bond donors (Lipinski definition) is 0. The molecule has 0 atom stereocenters. The van der Waals surface area contributed by atoms with Crippen molar-refractivity contribution in [1.82, 2.24) is 0 Å². The van der Waals surface area contributed by atoms with Gasteiger partial charge in [-0.2, -0.15) is 0 Å². The number of ketones is 1. The third-order valence-corrected chi connectivity index (χ3v) is 5.52. The summed E-state index contributed by atoms with van der Waals surface area (Å²) in [5.74, 6) is 0.838. The number of allylic oxidation sites excluding steroid dienone is 3. The molecule has 0 N–H and O–H groups in total. The van der Waals surface area contributed by atoms with Crippen molar-refractivity contribution >= 4 is 17.8 Å². The second kappa shape index (κ2) is 8.48. The normalized spacial score (nSPS) is 18.1. The summed E-state index contributed by atoms with van der Waals surface area (Å²) in [4.78, 5) is 25.1. The molecular weight excluding hydrogens is 364 g/mol. The molecule has 0 saturated heterocycles. The maximum Gasteiger partial charge on any atom is 0.314 e. The standard InChI is InChI=1S/C25H24O4/c1-17-21(29-25(27)19-12-6-3-7-13-19)16-15-20-23(26)22(28-24(17)20)14-8-11-18-9-4-2-5-10-18/h2,4-5,8-11,14-16,19H,3,6-7,12-13H2,1H3/b11-8+,22-14-. The minimum Gasteiger partial charge on any atom is -0.452 e. The van der Waals surface area contributed by atoms with Gasteiger partial charge in [-0.05, 0) is 43.5 Å². The van der Waals surface area contributed by atoms with Crippen LogP contribution in [0.3, 0.4) is 0 Å². The first-order chi connectivity index (χ1) is 14.1. The Balaban J connectivity index is 1.50. The van der Waals surface area contributed by atoms with Gasteiger partial charge in [0.25, 0.3) is 0 Å². The highest BCUT2D eigenvalue weighted by Gasteiger charge is 2.31. The average Bonchev–Trinajstić information content (AvgIpc) is 3.08. The summed E-state index contributed by atoms with van der Waals surface area (Å²) in [6, 6.07) is 13.2. The predicted octanol–water partition coefficient (Wildman–Crippen LogP) is 5.65. The van der Waals surface area contributed by atoms with Crippen molar-refractivity contribution in [3.63, 3.8) is 0 Å². The Kier molecular flexibility index (Phi) is 5.61. The molecule has 0 spiro atoms. The third-order valence-electron chi connectivity index (χ3n) is 5.52. The van der Waals surface area contributed by atoms with E-state index in [4.69, 9.17) is 9.47 Å². The fourth-order valence-electron chi connectivity index (χ4n) is 3.83. The maximum absolute atomic E-state index is 12.6. The minimum atomic E-state index is -0.182. The summed E-state index contributed by atoms with van der Waals surface area (Å²) in [6.07, 6.45) is 10.5. The van der Waals surface area contributed by atoms with Crippen molar-refractivity contribution in [2.24, 2.45) is 5.92 Å². The molecule has 0 radical (unpaired) electrons. The third kappa shape index (κ3) is 4.16. The second-order valence-electron chi connectivity index (χ2n) is 7.55. The molecule has 148 valence electrons. The Morgan fingerprint density at radius 2 is 1.83 bits per heavy atom. The van der Waals surface area contributed by atoms with Crippen molar-refractivity contribution in [3.05, 3.63) is 77.1 Å². The second-order valence-corrected chi connectivity index (χ2v) is 7.55. The lowest BCUT2D eigenvalue weighted by Gasteiger charge is -2.20. The largest absolute Gasteiger partial charge is 0.452 e. The van der Waals surface area contributed by atoms with Crippen LogP contribution in [0.25, 0.3) is 6.08 Å².